The molecule has 0 saturated carbocycles. The van der Waals surface area contributed by atoms with Gasteiger partial charge in [-0.2, -0.15) is 18.4 Å². The highest BCUT2D eigenvalue weighted by atomic mass is 127. The van der Waals surface area contributed by atoms with Crippen LogP contribution in [0.1, 0.15) is 16.7 Å². The van der Waals surface area contributed by atoms with Gasteiger partial charge in [-0.1, -0.05) is 0 Å². The van der Waals surface area contributed by atoms with Crippen molar-refractivity contribution >= 4 is 22.6 Å². The van der Waals surface area contributed by atoms with Crippen molar-refractivity contribution in [3.05, 3.63) is 32.4 Å². The van der Waals surface area contributed by atoms with E-state index in [1.165, 1.54) is 12.1 Å². The summed E-state index contributed by atoms with van der Waals surface area (Å²) in [6, 6.07) is 4.16. The number of nitriles is 1. The number of alkyl halides is 3. The van der Waals surface area contributed by atoms with Gasteiger partial charge in [0.05, 0.1) is 17.2 Å². The van der Waals surface area contributed by atoms with Gasteiger partial charge >= 0.3 is 6.18 Å². The van der Waals surface area contributed by atoms with Crippen LogP contribution < -0.4 is 5.73 Å². The summed E-state index contributed by atoms with van der Waals surface area (Å²) in [6.45, 7) is -0.236. The number of hydrogen-bond acceptors (Lipinski definition) is 2. The normalized spacial score (nSPS) is 11.2. The van der Waals surface area contributed by atoms with Gasteiger partial charge in [0, 0.05) is 10.1 Å². The van der Waals surface area contributed by atoms with Crippen LogP contribution in [0.25, 0.3) is 0 Å². The lowest BCUT2D eigenvalue weighted by atomic mass is 10.0. The molecule has 1 rings (SSSR count). The number of rotatable bonds is 1. The predicted molar refractivity (Wildman–Crippen MR) is 56.8 cm³/mol. The van der Waals surface area contributed by atoms with E-state index < -0.39 is 11.7 Å². The van der Waals surface area contributed by atoms with Crippen LogP contribution in [0.5, 0.6) is 0 Å². The third-order valence-electron chi connectivity index (χ3n) is 1.80. The van der Waals surface area contributed by atoms with Gasteiger partial charge < -0.3 is 5.73 Å². The van der Waals surface area contributed by atoms with E-state index in [0.717, 1.165) is 0 Å². The molecule has 0 heterocycles. The van der Waals surface area contributed by atoms with Crippen molar-refractivity contribution in [2.45, 2.75) is 12.7 Å². The Kier molecular flexibility index (Phi) is 3.57. The molecule has 15 heavy (non-hydrogen) atoms. The lowest BCUT2D eigenvalue weighted by molar-refractivity contribution is -0.138. The van der Waals surface area contributed by atoms with Crippen molar-refractivity contribution in [1.82, 2.24) is 0 Å². The van der Waals surface area contributed by atoms with Gasteiger partial charge in [-0.25, -0.2) is 0 Å². The van der Waals surface area contributed by atoms with Crippen LogP contribution in [0, 0.1) is 14.9 Å². The van der Waals surface area contributed by atoms with Crippen LogP contribution in [0.3, 0.4) is 0 Å². The molecule has 0 atom stereocenters. The van der Waals surface area contributed by atoms with Gasteiger partial charge in [-0.15, -0.1) is 0 Å². The molecule has 0 aliphatic heterocycles. The summed E-state index contributed by atoms with van der Waals surface area (Å²) in [5.41, 5.74) is 4.62. The van der Waals surface area contributed by atoms with E-state index in [0.29, 0.717) is 0 Å². The summed E-state index contributed by atoms with van der Waals surface area (Å²) >= 11 is 1.56. The first kappa shape index (κ1) is 12.3. The molecule has 0 aromatic heterocycles. The second-order valence-electron chi connectivity index (χ2n) is 2.81. The second-order valence-corrected chi connectivity index (χ2v) is 3.97. The van der Waals surface area contributed by atoms with Crippen LogP contribution in [0.2, 0.25) is 0 Å². The van der Waals surface area contributed by atoms with Gasteiger partial charge in [0.25, 0.3) is 0 Å². The third-order valence-corrected chi connectivity index (χ3v) is 2.66. The van der Waals surface area contributed by atoms with Gasteiger partial charge in [0.2, 0.25) is 0 Å². The fraction of sp³-hybridized carbons (Fsp3) is 0.222. The van der Waals surface area contributed by atoms with Gasteiger partial charge in [-0.3, -0.25) is 0 Å². The second kappa shape index (κ2) is 4.37. The largest absolute Gasteiger partial charge is 0.417 e. The van der Waals surface area contributed by atoms with Crippen molar-refractivity contribution in [3.63, 3.8) is 0 Å². The monoisotopic (exact) mass is 326 g/mol. The smallest absolute Gasteiger partial charge is 0.326 e. The zero-order valence-electron chi connectivity index (χ0n) is 7.40. The highest BCUT2D eigenvalue weighted by Crippen LogP contribution is 2.35. The molecular weight excluding hydrogens is 320 g/mol. The quantitative estimate of drug-likeness (QED) is 0.807. The Morgan fingerprint density at radius 3 is 2.40 bits per heavy atom. The minimum absolute atomic E-state index is 0.000370. The van der Waals surface area contributed by atoms with E-state index in [2.05, 4.69) is 0 Å². The number of hydrogen-bond donors (Lipinski definition) is 1. The summed E-state index contributed by atoms with van der Waals surface area (Å²) in [5.74, 6) is 0. The fourth-order valence-electron chi connectivity index (χ4n) is 1.21. The van der Waals surface area contributed by atoms with Crippen molar-refractivity contribution in [2.75, 3.05) is 0 Å². The summed E-state index contributed by atoms with van der Waals surface area (Å²) < 4.78 is 37.8. The van der Waals surface area contributed by atoms with Gasteiger partial charge in [-0.05, 0) is 40.3 Å². The lowest BCUT2D eigenvalue weighted by Gasteiger charge is -2.13. The molecule has 6 heteroatoms. The highest BCUT2D eigenvalue weighted by Gasteiger charge is 2.35. The van der Waals surface area contributed by atoms with E-state index in [1.807, 2.05) is 0 Å². The SMILES string of the molecule is N#Cc1cc(I)c(C(F)(F)F)c(CN)c1. The Labute approximate surface area is 98.0 Å². The topological polar surface area (TPSA) is 49.8 Å². The number of nitrogens with two attached hydrogens (primary N) is 1. The maximum absolute atomic E-state index is 12.6. The first-order valence-electron chi connectivity index (χ1n) is 3.90. The van der Waals surface area contributed by atoms with Crippen LogP contribution in [-0.4, -0.2) is 0 Å². The molecular formula is C9H6F3IN2. The third kappa shape index (κ3) is 2.60. The average molecular weight is 326 g/mol. The minimum Gasteiger partial charge on any atom is -0.326 e. The Bertz CT molecular complexity index is 421. The highest BCUT2D eigenvalue weighted by molar-refractivity contribution is 14.1. The minimum atomic E-state index is -4.43. The molecule has 0 aliphatic carbocycles. The van der Waals surface area contributed by atoms with Crippen molar-refractivity contribution in [1.29, 1.82) is 5.26 Å². The molecule has 2 nitrogen and oxygen atoms in total. The summed E-state index contributed by atoms with van der Waals surface area (Å²) in [7, 11) is 0. The molecule has 0 unspecified atom stereocenters. The number of halogens is 4. The molecule has 0 fully saturated rings. The van der Waals surface area contributed by atoms with E-state index in [9.17, 15) is 13.2 Å². The average Bonchev–Trinajstić information content (AvgIpc) is 2.14. The molecule has 2 N–H and O–H groups in total. The van der Waals surface area contributed by atoms with Crippen molar-refractivity contribution < 1.29 is 13.2 Å². The van der Waals surface area contributed by atoms with Crippen molar-refractivity contribution in [3.8, 4) is 6.07 Å². The maximum Gasteiger partial charge on any atom is 0.417 e. The van der Waals surface area contributed by atoms with Crippen molar-refractivity contribution in [2.24, 2.45) is 5.73 Å². The van der Waals surface area contributed by atoms with Gasteiger partial charge in [0.1, 0.15) is 0 Å². The van der Waals surface area contributed by atoms with E-state index in [1.54, 1.807) is 28.7 Å². The Hall–Kier alpha value is -0.810. The molecule has 0 amide bonds. The standard InChI is InChI=1S/C9H6F3IN2/c10-9(11,12)8-6(4-15)1-5(3-14)2-7(8)13/h1-2H,4,15H2. The van der Waals surface area contributed by atoms with Crippen LogP contribution in [0.15, 0.2) is 12.1 Å². The molecule has 0 radical (unpaired) electrons. The summed E-state index contributed by atoms with van der Waals surface area (Å²) in [6.07, 6.45) is -4.43. The zero-order valence-corrected chi connectivity index (χ0v) is 9.56. The number of benzene rings is 1. The Morgan fingerprint density at radius 2 is 2.00 bits per heavy atom. The zero-order chi connectivity index (χ0) is 11.6. The predicted octanol–water partition coefficient (Wildman–Crippen LogP) is 2.64. The molecule has 0 spiro atoms. The van der Waals surface area contributed by atoms with Crippen LogP contribution in [-0.2, 0) is 12.7 Å². The molecule has 1 aromatic carbocycles. The Morgan fingerprint density at radius 1 is 1.40 bits per heavy atom. The van der Waals surface area contributed by atoms with E-state index >= 15 is 0 Å². The Balaban J connectivity index is 3.46. The lowest BCUT2D eigenvalue weighted by Crippen LogP contribution is -2.14. The molecule has 1 aromatic rings. The molecule has 0 aliphatic rings. The van der Waals surface area contributed by atoms with E-state index in [4.69, 9.17) is 11.0 Å². The maximum atomic E-state index is 12.6. The number of nitrogens with zero attached hydrogens (tertiary/aromatic N) is 1. The van der Waals surface area contributed by atoms with Gasteiger partial charge in [0.15, 0.2) is 0 Å². The first-order valence-corrected chi connectivity index (χ1v) is 4.97. The molecule has 80 valence electrons. The molecule has 0 bridgehead atoms. The first-order chi connectivity index (χ1) is 6.90. The summed E-state index contributed by atoms with van der Waals surface area (Å²) in [5, 5.41) is 8.60. The van der Waals surface area contributed by atoms with Crippen LogP contribution in [0.4, 0.5) is 13.2 Å². The van der Waals surface area contributed by atoms with E-state index in [-0.39, 0.29) is 21.2 Å². The fourth-order valence-corrected chi connectivity index (χ4v) is 2.19. The molecule has 0 saturated heterocycles. The summed E-state index contributed by atoms with van der Waals surface area (Å²) in [4.78, 5) is 0. The van der Waals surface area contributed by atoms with Crippen LogP contribution >= 0.6 is 22.6 Å².